The van der Waals surface area contributed by atoms with Crippen molar-refractivity contribution in [2.75, 3.05) is 11.9 Å². The minimum atomic E-state index is -4.78. The van der Waals surface area contributed by atoms with Crippen LogP contribution in [0.1, 0.15) is 31.8 Å². The second-order valence-electron chi connectivity index (χ2n) is 6.11. The molecule has 0 bridgehead atoms. The summed E-state index contributed by atoms with van der Waals surface area (Å²) < 4.78 is 37.0. The molecular weight excluding hydrogens is 360 g/mol. The summed E-state index contributed by atoms with van der Waals surface area (Å²) in [4.78, 5) is 25.8. The molecule has 11 nitrogen and oxygen atoms in total. The van der Waals surface area contributed by atoms with Crippen LogP contribution in [0.5, 0.6) is 0 Å². The first-order chi connectivity index (χ1) is 11.5. The second-order valence-corrected chi connectivity index (χ2v) is 7.35. The standard InChI is InChI=1S/C12H19FN5O6P/c1-5-7-9(17-11(14)16-5)18(4-15-7)10-12(2,13)8(19)6(24-10)3-23-25(20,21)22/h4-6,8,10,19H,3H2,1-2H3,(H3,14,16,17)(H2,20,21,22)/t5?,6?,8-,10-,12-/m1/s1. The van der Waals surface area contributed by atoms with E-state index in [1.807, 2.05) is 0 Å². The summed E-state index contributed by atoms with van der Waals surface area (Å²) in [5.74, 6) is 0.500. The van der Waals surface area contributed by atoms with E-state index in [4.69, 9.17) is 20.3 Å². The maximum Gasteiger partial charge on any atom is 0.469 e. The number of anilines is 1. The lowest BCUT2D eigenvalue weighted by atomic mass is 9.98. The van der Waals surface area contributed by atoms with Gasteiger partial charge >= 0.3 is 7.82 Å². The van der Waals surface area contributed by atoms with Gasteiger partial charge in [0.15, 0.2) is 17.9 Å². The first-order valence-corrected chi connectivity index (χ1v) is 8.93. The van der Waals surface area contributed by atoms with Crippen LogP contribution in [0.2, 0.25) is 0 Å². The van der Waals surface area contributed by atoms with Gasteiger partial charge in [-0.25, -0.2) is 18.9 Å². The second kappa shape index (κ2) is 6.01. The minimum Gasteiger partial charge on any atom is -0.387 e. The number of aromatic nitrogens is 2. The summed E-state index contributed by atoms with van der Waals surface area (Å²) in [6, 6.07) is -0.344. The molecule has 2 aliphatic heterocycles. The van der Waals surface area contributed by atoms with Crippen LogP contribution in [0.3, 0.4) is 0 Å². The third-order valence-corrected chi connectivity index (χ3v) is 4.66. The molecule has 25 heavy (non-hydrogen) atoms. The molecule has 3 rings (SSSR count). The third kappa shape index (κ3) is 3.28. The van der Waals surface area contributed by atoms with Crippen LogP contribution in [0.25, 0.3) is 0 Å². The number of fused-ring (bicyclic) bond motifs is 1. The van der Waals surface area contributed by atoms with Crippen molar-refractivity contribution in [3.8, 4) is 0 Å². The lowest BCUT2D eigenvalue weighted by Gasteiger charge is -2.27. The van der Waals surface area contributed by atoms with Gasteiger partial charge < -0.3 is 30.7 Å². The molecule has 140 valence electrons. The van der Waals surface area contributed by atoms with E-state index in [1.54, 1.807) is 6.92 Å². The zero-order chi connectivity index (χ0) is 18.6. The van der Waals surface area contributed by atoms with Crippen LogP contribution < -0.4 is 11.1 Å². The Morgan fingerprint density at radius 3 is 2.92 bits per heavy atom. The molecule has 0 radical (unpaired) electrons. The number of aliphatic hydroxyl groups is 1. The zero-order valence-electron chi connectivity index (χ0n) is 13.4. The number of nitrogens with two attached hydrogens (primary N) is 1. The van der Waals surface area contributed by atoms with Crippen LogP contribution in [0, 0.1) is 0 Å². The number of phosphoric acid groups is 1. The SMILES string of the molecule is CC1N=C(N)Nc2c1ncn2[C@@H]1OC(COP(=O)(O)O)[C@@H](O)[C@@]1(C)F. The van der Waals surface area contributed by atoms with Crippen molar-refractivity contribution in [2.24, 2.45) is 10.7 Å². The summed E-state index contributed by atoms with van der Waals surface area (Å²) in [5, 5.41) is 12.9. The maximum absolute atomic E-state index is 15.1. The molecule has 1 aromatic rings. The van der Waals surface area contributed by atoms with Crippen molar-refractivity contribution in [1.82, 2.24) is 9.55 Å². The van der Waals surface area contributed by atoms with Crippen molar-refractivity contribution in [2.45, 2.75) is 44.0 Å². The van der Waals surface area contributed by atoms with E-state index in [9.17, 15) is 9.67 Å². The molecular formula is C12H19FN5O6P. The number of rotatable bonds is 4. The van der Waals surface area contributed by atoms with Crippen molar-refractivity contribution < 1.29 is 33.1 Å². The molecule has 2 unspecified atom stereocenters. The number of hydrogen-bond donors (Lipinski definition) is 5. The van der Waals surface area contributed by atoms with Crippen LogP contribution in [-0.4, -0.2) is 54.9 Å². The average Bonchev–Trinajstić information content (AvgIpc) is 2.97. The Bertz CT molecular complexity index is 748. The predicted octanol–water partition coefficient (Wildman–Crippen LogP) is -0.220. The first-order valence-electron chi connectivity index (χ1n) is 7.40. The average molecular weight is 379 g/mol. The number of guanidine groups is 1. The van der Waals surface area contributed by atoms with Crippen molar-refractivity contribution in [3.05, 3.63) is 12.0 Å². The van der Waals surface area contributed by atoms with Gasteiger partial charge in [0.05, 0.1) is 19.0 Å². The Hall–Kier alpha value is -1.56. The molecule has 0 amide bonds. The number of ether oxygens (including phenoxy) is 1. The van der Waals surface area contributed by atoms with Crippen LogP contribution in [0.4, 0.5) is 10.2 Å². The summed E-state index contributed by atoms with van der Waals surface area (Å²) in [5.41, 5.74) is 3.95. The van der Waals surface area contributed by atoms with Gasteiger partial charge in [-0.2, -0.15) is 0 Å². The Morgan fingerprint density at radius 2 is 2.28 bits per heavy atom. The van der Waals surface area contributed by atoms with Gasteiger partial charge in [-0.3, -0.25) is 9.09 Å². The van der Waals surface area contributed by atoms with Gasteiger partial charge in [0.1, 0.15) is 23.7 Å². The fourth-order valence-electron chi connectivity index (χ4n) is 2.93. The quantitative estimate of drug-likeness (QED) is 0.445. The minimum absolute atomic E-state index is 0.127. The van der Waals surface area contributed by atoms with Gasteiger partial charge in [0, 0.05) is 0 Å². The molecule has 0 spiro atoms. The van der Waals surface area contributed by atoms with Crippen LogP contribution >= 0.6 is 7.82 Å². The van der Waals surface area contributed by atoms with Gasteiger partial charge in [-0.1, -0.05) is 0 Å². The number of hydrogen-bond acceptors (Lipinski definition) is 8. The normalized spacial score (nSPS) is 35.2. The number of imidazole rings is 1. The van der Waals surface area contributed by atoms with E-state index < -0.39 is 38.5 Å². The molecule has 1 aromatic heterocycles. The summed E-state index contributed by atoms with van der Waals surface area (Å²) in [6.07, 6.45) is -2.94. The van der Waals surface area contributed by atoms with Gasteiger partial charge in [0.2, 0.25) is 0 Å². The number of phosphoric ester groups is 1. The van der Waals surface area contributed by atoms with E-state index in [-0.39, 0.29) is 12.0 Å². The van der Waals surface area contributed by atoms with Crippen molar-refractivity contribution in [1.29, 1.82) is 0 Å². The number of aliphatic imine (C=N–C) groups is 1. The Kier molecular flexibility index (Phi) is 4.38. The summed E-state index contributed by atoms with van der Waals surface area (Å²) in [6.45, 7) is 2.21. The lowest BCUT2D eigenvalue weighted by molar-refractivity contribution is -0.0569. The van der Waals surface area contributed by atoms with Crippen LogP contribution in [-0.2, 0) is 13.8 Å². The number of aliphatic hydroxyl groups excluding tert-OH is 1. The highest BCUT2D eigenvalue weighted by Gasteiger charge is 2.56. The van der Waals surface area contributed by atoms with Crippen molar-refractivity contribution >= 4 is 19.6 Å². The topological polar surface area (TPSA) is 164 Å². The van der Waals surface area contributed by atoms with E-state index >= 15 is 4.39 Å². The predicted molar refractivity (Wildman–Crippen MR) is 83.3 cm³/mol. The number of alkyl halides is 1. The zero-order valence-corrected chi connectivity index (χ0v) is 14.3. The van der Waals surface area contributed by atoms with Gasteiger partial charge in [0.25, 0.3) is 0 Å². The number of nitrogens with zero attached hydrogens (tertiary/aromatic N) is 3. The summed E-state index contributed by atoms with van der Waals surface area (Å²) >= 11 is 0. The molecule has 0 aromatic carbocycles. The molecule has 0 aliphatic carbocycles. The monoisotopic (exact) mass is 379 g/mol. The Labute approximate surface area is 141 Å². The summed E-state index contributed by atoms with van der Waals surface area (Å²) in [7, 11) is -4.78. The fraction of sp³-hybridized carbons (Fsp3) is 0.667. The van der Waals surface area contributed by atoms with E-state index in [2.05, 4.69) is 19.8 Å². The molecule has 1 fully saturated rings. The molecule has 3 heterocycles. The molecule has 6 N–H and O–H groups in total. The maximum atomic E-state index is 15.1. The van der Waals surface area contributed by atoms with Gasteiger partial charge in [-0.15, -0.1) is 0 Å². The first kappa shape index (κ1) is 18.2. The van der Waals surface area contributed by atoms with Crippen LogP contribution in [0.15, 0.2) is 11.3 Å². The number of nitrogens with one attached hydrogen (secondary N) is 1. The third-order valence-electron chi connectivity index (χ3n) is 4.17. The van der Waals surface area contributed by atoms with Gasteiger partial charge in [-0.05, 0) is 13.8 Å². The smallest absolute Gasteiger partial charge is 0.387 e. The molecule has 2 aliphatic rings. The molecule has 13 heteroatoms. The Balaban J connectivity index is 1.87. The highest BCUT2D eigenvalue weighted by Crippen LogP contribution is 2.45. The van der Waals surface area contributed by atoms with E-state index in [0.29, 0.717) is 11.5 Å². The van der Waals surface area contributed by atoms with Crippen molar-refractivity contribution in [3.63, 3.8) is 0 Å². The van der Waals surface area contributed by atoms with E-state index in [0.717, 1.165) is 6.92 Å². The molecule has 1 saturated heterocycles. The lowest BCUT2D eigenvalue weighted by Crippen LogP contribution is -2.41. The fourth-order valence-corrected chi connectivity index (χ4v) is 3.27. The number of halogens is 1. The highest BCUT2D eigenvalue weighted by atomic mass is 31.2. The van der Waals surface area contributed by atoms with E-state index in [1.165, 1.54) is 10.9 Å². The largest absolute Gasteiger partial charge is 0.469 e. The highest BCUT2D eigenvalue weighted by molar-refractivity contribution is 7.46. The Morgan fingerprint density at radius 1 is 1.60 bits per heavy atom. The molecule has 5 atom stereocenters. The molecule has 0 saturated carbocycles.